The molecule has 0 aliphatic rings. The van der Waals surface area contributed by atoms with Crippen LogP contribution < -0.4 is 5.73 Å². The molecule has 0 aliphatic carbocycles. The molecule has 0 saturated carbocycles. The fourth-order valence-corrected chi connectivity index (χ4v) is 1.37. The summed E-state index contributed by atoms with van der Waals surface area (Å²) in [6.45, 7) is 6.37. The third kappa shape index (κ3) is 3.28. The van der Waals surface area contributed by atoms with Crippen LogP contribution in [0.4, 0.5) is 5.69 Å². The number of allylic oxidation sites excluding steroid dienone is 3. The fraction of sp³-hybridized carbons (Fsp3) is 0.286. The Labute approximate surface area is 92.3 Å². The Morgan fingerprint density at radius 2 is 1.93 bits per heavy atom. The molecule has 0 spiro atoms. The number of hydrogen-bond acceptors (Lipinski definition) is 1. The highest BCUT2D eigenvalue weighted by Gasteiger charge is 2.01. The molecule has 0 fully saturated rings. The Kier molecular flexibility index (Phi) is 4.17. The molecule has 1 aromatic carbocycles. The molecule has 1 heteroatoms. The average Bonchev–Trinajstić information content (AvgIpc) is 2.20. The molecule has 0 heterocycles. The van der Waals surface area contributed by atoms with Gasteiger partial charge >= 0.3 is 0 Å². The standard InChI is InChI=1S/C14H19N/c1-4-5-6-7-13-10-12(11(2)3)8-9-14(13)15/h4-11H,15H2,1-3H3/b5-4-,7-6-. The third-order valence-electron chi connectivity index (χ3n) is 2.36. The van der Waals surface area contributed by atoms with E-state index in [0.29, 0.717) is 5.92 Å². The fourth-order valence-electron chi connectivity index (χ4n) is 1.37. The maximum absolute atomic E-state index is 5.90. The van der Waals surface area contributed by atoms with Crippen LogP contribution >= 0.6 is 0 Å². The Balaban J connectivity index is 3.00. The van der Waals surface area contributed by atoms with Crippen LogP contribution in [0.3, 0.4) is 0 Å². The molecule has 0 unspecified atom stereocenters. The summed E-state index contributed by atoms with van der Waals surface area (Å²) in [7, 11) is 0. The summed E-state index contributed by atoms with van der Waals surface area (Å²) in [6.07, 6.45) is 8.05. The maximum Gasteiger partial charge on any atom is 0.0387 e. The van der Waals surface area contributed by atoms with Crippen LogP contribution in [-0.4, -0.2) is 0 Å². The summed E-state index contributed by atoms with van der Waals surface area (Å²) >= 11 is 0. The zero-order valence-corrected chi connectivity index (χ0v) is 9.70. The van der Waals surface area contributed by atoms with Crippen LogP contribution in [0.5, 0.6) is 0 Å². The molecule has 0 bridgehead atoms. The third-order valence-corrected chi connectivity index (χ3v) is 2.36. The molecule has 0 radical (unpaired) electrons. The number of nitrogens with two attached hydrogens (primary N) is 1. The van der Waals surface area contributed by atoms with Gasteiger partial charge in [0.15, 0.2) is 0 Å². The lowest BCUT2D eigenvalue weighted by atomic mass is 9.99. The SMILES string of the molecule is C/C=C\C=C/c1cc(C(C)C)ccc1N. The van der Waals surface area contributed by atoms with E-state index in [1.165, 1.54) is 5.56 Å². The molecule has 1 aromatic rings. The molecular formula is C14H19N. The number of benzene rings is 1. The van der Waals surface area contributed by atoms with Crippen molar-refractivity contribution in [3.05, 3.63) is 47.6 Å². The van der Waals surface area contributed by atoms with Gasteiger partial charge in [-0.2, -0.15) is 0 Å². The Morgan fingerprint density at radius 3 is 2.53 bits per heavy atom. The first-order valence-electron chi connectivity index (χ1n) is 5.34. The molecule has 1 nitrogen and oxygen atoms in total. The van der Waals surface area contributed by atoms with E-state index in [0.717, 1.165) is 11.3 Å². The summed E-state index contributed by atoms with van der Waals surface area (Å²) in [6, 6.07) is 6.22. The minimum atomic E-state index is 0.541. The van der Waals surface area contributed by atoms with Crippen molar-refractivity contribution in [2.45, 2.75) is 26.7 Å². The van der Waals surface area contributed by atoms with Crippen molar-refractivity contribution in [1.82, 2.24) is 0 Å². The predicted octanol–water partition coefficient (Wildman–Crippen LogP) is 3.98. The summed E-state index contributed by atoms with van der Waals surface area (Å²) in [5.41, 5.74) is 9.15. The van der Waals surface area contributed by atoms with Gasteiger partial charge in [0, 0.05) is 5.69 Å². The number of nitrogen functional groups attached to an aromatic ring is 1. The first kappa shape index (κ1) is 11.6. The second-order valence-electron chi connectivity index (χ2n) is 3.93. The van der Waals surface area contributed by atoms with E-state index >= 15 is 0 Å². The summed E-state index contributed by atoms with van der Waals surface area (Å²) in [4.78, 5) is 0. The number of rotatable bonds is 3. The molecular weight excluding hydrogens is 182 g/mol. The molecule has 0 saturated heterocycles. The Morgan fingerprint density at radius 1 is 1.20 bits per heavy atom. The molecule has 1 rings (SSSR count). The molecule has 0 amide bonds. The van der Waals surface area contributed by atoms with Crippen molar-refractivity contribution < 1.29 is 0 Å². The quantitative estimate of drug-likeness (QED) is 0.581. The Bertz CT molecular complexity index is 373. The van der Waals surface area contributed by atoms with Crippen molar-refractivity contribution in [2.24, 2.45) is 0 Å². The van der Waals surface area contributed by atoms with Gasteiger partial charge in [-0.05, 0) is 36.1 Å². The van der Waals surface area contributed by atoms with E-state index in [2.05, 4.69) is 26.0 Å². The first-order chi connectivity index (χ1) is 7.15. The van der Waals surface area contributed by atoms with Crippen molar-refractivity contribution >= 4 is 11.8 Å². The van der Waals surface area contributed by atoms with E-state index in [-0.39, 0.29) is 0 Å². The highest BCUT2D eigenvalue weighted by atomic mass is 14.6. The number of hydrogen-bond donors (Lipinski definition) is 1. The Hall–Kier alpha value is -1.50. The van der Waals surface area contributed by atoms with Gasteiger partial charge < -0.3 is 5.73 Å². The van der Waals surface area contributed by atoms with Crippen LogP contribution in [0.2, 0.25) is 0 Å². The van der Waals surface area contributed by atoms with Crippen LogP contribution in [0.1, 0.15) is 37.8 Å². The van der Waals surface area contributed by atoms with Crippen molar-refractivity contribution in [1.29, 1.82) is 0 Å². The molecule has 0 aliphatic heterocycles. The van der Waals surface area contributed by atoms with Gasteiger partial charge in [0.25, 0.3) is 0 Å². The van der Waals surface area contributed by atoms with E-state index in [4.69, 9.17) is 5.73 Å². The molecule has 0 aromatic heterocycles. The largest absolute Gasteiger partial charge is 0.398 e. The van der Waals surface area contributed by atoms with E-state index in [1.807, 2.05) is 37.3 Å². The summed E-state index contributed by atoms with van der Waals surface area (Å²) in [5, 5.41) is 0. The van der Waals surface area contributed by atoms with Crippen molar-refractivity contribution in [3.63, 3.8) is 0 Å². The lowest BCUT2D eigenvalue weighted by Gasteiger charge is -2.08. The van der Waals surface area contributed by atoms with Gasteiger partial charge in [0.1, 0.15) is 0 Å². The topological polar surface area (TPSA) is 26.0 Å². The van der Waals surface area contributed by atoms with Crippen LogP contribution in [0.15, 0.2) is 36.4 Å². The lowest BCUT2D eigenvalue weighted by molar-refractivity contribution is 0.866. The first-order valence-corrected chi connectivity index (χ1v) is 5.34. The van der Waals surface area contributed by atoms with Gasteiger partial charge in [-0.3, -0.25) is 0 Å². The van der Waals surface area contributed by atoms with E-state index in [9.17, 15) is 0 Å². The van der Waals surface area contributed by atoms with E-state index in [1.54, 1.807) is 0 Å². The lowest BCUT2D eigenvalue weighted by Crippen LogP contribution is -1.93. The summed E-state index contributed by atoms with van der Waals surface area (Å²) in [5.74, 6) is 0.541. The molecule has 80 valence electrons. The van der Waals surface area contributed by atoms with E-state index < -0.39 is 0 Å². The zero-order chi connectivity index (χ0) is 11.3. The molecule has 15 heavy (non-hydrogen) atoms. The van der Waals surface area contributed by atoms with Gasteiger partial charge in [-0.1, -0.05) is 44.2 Å². The van der Waals surface area contributed by atoms with Crippen molar-refractivity contribution in [2.75, 3.05) is 5.73 Å². The van der Waals surface area contributed by atoms with Crippen LogP contribution in [0.25, 0.3) is 6.08 Å². The minimum absolute atomic E-state index is 0.541. The number of anilines is 1. The van der Waals surface area contributed by atoms with Gasteiger partial charge in [-0.15, -0.1) is 0 Å². The van der Waals surface area contributed by atoms with Gasteiger partial charge in [0.2, 0.25) is 0 Å². The highest BCUT2D eigenvalue weighted by molar-refractivity contribution is 5.66. The van der Waals surface area contributed by atoms with Crippen LogP contribution in [-0.2, 0) is 0 Å². The van der Waals surface area contributed by atoms with Gasteiger partial charge in [-0.25, -0.2) is 0 Å². The van der Waals surface area contributed by atoms with Crippen LogP contribution in [0, 0.1) is 0 Å². The second-order valence-corrected chi connectivity index (χ2v) is 3.93. The summed E-state index contributed by atoms with van der Waals surface area (Å²) < 4.78 is 0. The monoisotopic (exact) mass is 201 g/mol. The normalized spacial score (nSPS) is 12.0. The average molecular weight is 201 g/mol. The second kappa shape index (κ2) is 5.40. The smallest absolute Gasteiger partial charge is 0.0387 e. The molecule has 2 N–H and O–H groups in total. The molecule has 0 atom stereocenters. The predicted molar refractivity (Wildman–Crippen MR) is 68.8 cm³/mol. The zero-order valence-electron chi connectivity index (χ0n) is 9.70. The maximum atomic E-state index is 5.90. The highest BCUT2D eigenvalue weighted by Crippen LogP contribution is 2.21. The van der Waals surface area contributed by atoms with Gasteiger partial charge in [0.05, 0.1) is 0 Å². The van der Waals surface area contributed by atoms with Crippen molar-refractivity contribution in [3.8, 4) is 0 Å². The minimum Gasteiger partial charge on any atom is -0.398 e.